The van der Waals surface area contributed by atoms with Crippen molar-refractivity contribution in [3.8, 4) is 0 Å². The third-order valence-electron chi connectivity index (χ3n) is 3.44. The van der Waals surface area contributed by atoms with E-state index in [2.05, 4.69) is 25.6 Å². The maximum atomic E-state index is 12.0. The predicted molar refractivity (Wildman–Crippen MR) is 75.6 cm³/mol. The summed E-state index contributed by atoms with van der Waals surface area (Å²) in [6.07, 6.45) is 6.60. The second-order valence-electron chi connectivity index (χ2n) is 4.75. The van der Waals surface area contributed by atoms with Crippen molar-refractivity contribution in [3.05, 3.63) is 71.3 Å². The summed E-state index contributed by atoms with van der Waals surface area (Å²) in [6.45, 7) is 7.46. The molecule has 0 radical (unpaired) electrons. The molecule has 1 aliphatic carbocycles. The van der Waals surface area contributed by atoms with Crippen molar-refractivity contribution in [2.24, 2.45) is 0 Å². The Kier molecular flexibility index (Phi) is 3.61. The molecule has 0 fully saturated rings. The van der Waals surface area contributed by atoms with Crippen molar-refractivity contribution in [1.29, 1.82) is 0 Å². The zero-order valence-corrected chi connectivity index (χ0v) is 10.9. The average molecular weight is 238 g/mol. The number of benzene rings is 1. The molecule has 1 nitrogen and oxygen atoms in total. The van der Waals surface area contributed by atoms with E-state index in [0.717, 1.165) is 17.6 Å². The summed E-state index contributed by atoms with van der Waals surface area (Å²) in [5, 5.41) is 0. The lowest BCUT2D eigenvalue weighted by molar-refractivity contribution is -0.117. The highest BCUT2D eigenvalue weighted by atomic mass is 16.1. The van der Waals surface area contributed by atoms with Crippen molar-refractivity contribution >= 4 is 5.78 Å². The zero-order valence-electron chi connectivity index (χ0n) is 10.9. The van der Waals surface area contributed by atoms with Crippen molar-refractivity contribution in [3.63, 3.8) is 0 Å². The molecule has 0 N–H and O–H groups in total. The molecule has 2 rings (SSSR count). The van der Waals surface area contributed by atoms with Gasteiger partial charge in [-0.15, -0.1) is 0 Å². The number of Topliss-reactive ketones (excluding diaryl/α,β-unsaturated/α-hetero) is 1. The van der Waals surface area contributed by atoms with Gasteiger partial charge in [-0.05, 0) is 37.0 Å². The van der Waals surface area contributed by atoms with Crippen LogP contribution in [0.15, 0.2) is 60.2 Å². The highest BCUT2D eigenvalue weighted by molar-refractivity contribution is 5.88. The third-order valence-corrected chi connectivity index (χ3v) is 3.44. The van der Waals surface area contributed by atoms with Crippen LogP contribution in [-0.4, -0.2) is 5.78 Å². The van der Waals surface area contributed by atoms with Crippen molar-refractivity contribution in [1.82, 2.24) is 0 Å². The molecule has 92 valence electrons. The van der Waals surface area contributed by atoms with Crippen molar-refractivity contribution in [2.45, 2.75) is 26.2 Å². The van der Waals surface area contributed by atoms with Gasteiger partial charge in [-0.25, -0.2) is 0 Å². The second kappa shape index (κ2) is 5.18. The number of hydrogen-bond donors (Lipinski definition) is 0. The van der Waals surface area contributed by atoms with Crippen LogP contribution in [0.2, 0.25) is 0 Å². The number of hydrogen-bond acceptors (Lipinski definition) is 1. The molecule has 0 amide bonds. The number of fused-ring (bicyclic) bond motifs is 1. The maximum absolute atomic E-state index is 12.0. The molecule has 1 aliphatic rings. The molecule has 0 saturated heterocycles. The van der Waals surface area contributed by atoms with Crippen LogP contribution in [0.1, 0.15) is 30.9 Å². The van der Waals surface area contributed by atoms with E-state index >= 15 is 0 Å². The Morgan fingerprint density at radius 2 is 2.11 bits per heavy atom. The van der Waals surface area contributed by atoms with E-state index in [-0.39, 0.29) is 11.7 Å². The van der Waals surface area contributed by atoms with Crippen LogP contribution in [0, 0.1) is 0 Å². The Morgan fingerprint density at radius 1 is 1.39 bits per heavy atom. The average Bonchev–Trinajstić information content (AvgIpc) is 2.35. The molecule has 1 aromatic rings. The van der Waals surface area contributed by atoms with Gasteiger partial charge in [0.05, 0.1) is 5.92 Å². The molecule has 0 bridgehead atoms. The van der Waals surface area contributed by atoms with Gasteiger partial charge in [0.2, 0.25) is 0 Å². The van der Waals surface area contributed by atoms with E-state index in [4.69, 9.17) is 0 Å². The summed E-state index contributed by atoms with van der Waals surface area (Å²) in [7, 11) is 0. The topological polar surface area (TPSA) is 17.1 Å². The zero-order chi connectivity index (χ0) is 13.1. The molecule has 0 aliphatic heterocycles. The van der Waals surface area contributed by atoms with Gasteiger partial charge in [0, 0.05) is 0 Å². The standard InChI is InChI=1S/C17H18O/c1-4-5-9-15-12(2)11-14-8-6-7-10-16(14)17(15)13(3)18/h4-10,17H,1,11H2,2-3H3/b9-5-. The van der Waals surface area contributed by atoms with Crippen LogP contribution in [-0.2, 0) is 11.2 Å². The van der Waals surface area contributed by atoms with Gasteiger partial charge in [0.1, 0.15) is 5.78 Å². The largest absolute Gasteiger partial charge is 0.299 e. The first-order chi connectivity index (χ1) is 8.65. The fourth-order valence-electron chi connectivity index (χ4n) is 2.63. The first-order valence-corrected chi connectivity index (χ1v) is 6.22. The van der Waals surface area contributed by atoms with Gasteiger partial charge in [-0.3, -0.25) is 4.79 Å². The smallest absolute Gasteiger partial charge is 0.141 e. The molecule has 1 heteroatoms. The van der Waals surface area contributed by atoms with Crippen LogP contribution < -0.4 is 0 Å². The summed E-state index contributed by atoms with van der Waals surface area (Å²) >= 11 is 0. The highest BCUT2D eigenvalue weighted by Crippen LogP contribution is 2.37. The molecule has 18 heavy (non-hydrogen) atoms. The van der Waals surface area contributed by atoms with E-state index in [1.165, 1.54) is 11.1 Å². The van der Waals surface area contributed by atoms with Crippen LogP contribution in [0.4, 0.5) is 0 Å². The predicted octanol–water partition coefficient (Wildman–Crippen LogP) is 3.97. The molecule has 1 aromatic carbocycles. The van der Waals surface area contributed by atoms with Crippen molar-refractivity contribution < 1.29 is 4.79 Å². The summed E-state index contributed by atoms with van der Waals surface area (Å²) in [5.41, 5.74) is 4.82. The summed E-state index contributed by atoms with van der Waals surface area (Å²) in [5.74, 6) is 0.0800. The van der Waals surface area contributed by atoms with Crippen molar-refractivity contribution in [2.75, 3.05) is 0 Å². The van der Waals surface area contributed by atoms with Gasteiger partial charge < -0.3 is 0 Å². The van der Waals surface area contributed by atoms with E-state index in [0.29, 0.717) is 0 Å². The molecule has 0 spiro atoms. The fourth-order valence-corrected chi connectivity index (χ4v) is 2.63. The van der Waals surface area contributed by atoms with E-state index in [1.54, 1.807) is 13.0 Å². The molecular weight excluding hydrogens is 220 g/mol. The molecule has 1 atom stereocenters. The van der Waals surface area contributed by atoms with Gasteiger partial charge in [-0.1, -0.05) is 54.6 Å². The first-order valence-electron chi connectivity index (χ1n) is 6.22. The van der Waals surface area contributed by atoms with Crippen LogP contribution >= 0.6 is 0 Å². The lowest BCUT2D eigenvalue weighted by Gasteiger charge is -2.26. The minimum Gasteiger partial charge on any atom is -0.299 e. The number of rotatable bonds is 3. The minimum atomic E-state index is -0.119. The molecule has 1 unspecified atom stereocenters. The van der Waals surface area contributed by atoms with Gasteiger partial charge >= 0.3 is 0 Å². The summed E-state index contributed by atoms with van der Waals surface area (Å²) in [6, 6.07) is 8.22. The van der Waals surface area contributed by atoms with Crippen LogP contribution in [0.5, 0.6) is 0 Å². The second-order valence-corrected chi connectivity index (χ2v) is 4.75. The summed E-state index contributed by atoms with van der Waals surface area (Å²) in [4.78, 5) is 12.0. The Labute approximate surface area is 109 Å². The minimum absolute atomic E-state index is 0.119. The fraction of sp³-hybridized carbons (Fsp3) is 0.235. The SMILES string of the molecule is C=C/C=C\C1=C(C)Cc2ccccc2C1C(C)=O. The number of ketones is 1. The number of carbonyl (C=O) groups excluding carboxylic acids is 1. The monoisotopic (exact) mass is 238 g/mol. The van der Waals surface area contributed by atoms with Crippen LogP contribution in [0.3, 0.4) is 0 Å². The van der Waals surface area contributed by atoms with E-state index < -0.39 is 0 Å². The Hall–Kier alpha value is -1.89. The van der Waals surface area contributed by atoms with Gasteiger partial charge in [0.15, 0.2) is 0 Å². The molecular formula is C17H18O. The summed E-state index contributed by atoms with van der Waals surface area (Å²) < 4.78 is 0. The lowest BCUT2D eigenvalue weighted by atomic mass is 9.76. The third kappa shape index (κ3) is 2.21. The van der Waals surface area contributed by atoms with Crippen LogP contribution in [0.25, 0.3) is 0 Å². The quantitative estimate of drug-likeness (QED) is 0.728. The van der Waals surface area contributed by atoms with Gasteiger partial charge in [-0.2, -0.15) is 0 Å². The van der Waals surface area contributed by atoms with E-state index in [9.17, 15) is 4.79 Å². The highest BCUT2D eigenvalue weighted by Gasteiger charge is 2.27. The number of allylic oxidation sites excluding steroid dienone is 5. The van der Waals surface area contributed by atoms with E-state index in [1.807, 2.05) is 24.3 Å². The molecule has 0 saturated carbocycles. The maximum Gasteiger partial charge on any atom is 0.141 e. The molecule has 0 aromatic heterocycles. The lowest BCUT2D eigenvalue weighted by Crippen LogP contribution is -2.18. The normalized spacial score (nSPS) is 18.9. The Morgan fingerprint density at radius 3 is 2.78 bits per heavy atom. The molecule has 0 heterocycles. The Balaban J connectivity index is 2.56. The number of carbonyl (C=O) groups is 1. The Bertz CT molecular complexity index is 546. The first kappa shape index (κ1) is 12.6. The van der Waals surface area contributed by atoms with Gasteiger partial charge in [0.25, 0.3) is 0 Å².